The van der Waals surface area contributed by atoms with Crippen molar-refractivity contribution in [1.82, 2.24) is 4.57 Å². The van der Waals surface area contributed by atoms with Crippen molar-refractivity contribution >= 4 is 38.5 Å². The number of aryl methyl sites for hydroxylation is 1. The van der Waals surface area contributed by atoms with Crippen LogP contribution in [0.15, 0.2) is 47.3 Å². The molecule has 0 unspecified atom stereocenters. The Morgan fingerprint density at radius 2 is 1.91 bits per heavy atom. The smallest absolute Gasteiger partial charge is 0.306 e. The van der Waals surface area contributed by atoms with Crippen LogP contribution in [0.5, 0.6) is 11.5 Å². The standard InChI is InChI=1S/C27H27NO6/c1-6-19(29)33-26-25(31)22-18(34-27(26,2)3)13-17(32-5)21-23(22)28(4)16-12-11-14-9-7-8-10-15(14)20(16)24(21)30/h7-13,25-26,31H,6H2,1-5H3/t25-,26-/m1/s1. The predicted molar refractivity (Wildman–Crippen MR) is 131 cm³/mol. The average Bonchev–Trinajstić information content (AvgIpc) is 2.82. The van der Waals surface area contributed by atoms with E-state index in [-0.39, 0.29) is 11.8 Å². The normalized spacial score (nSPS) is 19.1. The monoisotopic (exact) mass is 461 g/mol. The first-order chi connectivity index (χ1) is 16.2. The van der Waals surface area contributed by atoms with Crippen LogP contribution in [-0.2, 0) is 16.6 Å². The third-order valence-electron chi connectivity index (χ3n) is 6.73. The first-order valence-electron chi connectivity index (χ1n) is 11.3. The number of aliphatic hydroxyl groups excluding tert-OH is 1. The second-order valence-corrected chi connectivity index (χ2v) is 9.20. The fourth-order valence-electron chi connectivity index (χ4n) is 5.06. The number of fused-ring (bicyclic) bond motifs is 6. The summed E-state index contributed by atoms with van der Waals surface area (Å²) in [7, 11) is 3.35. The molecule has 2 atom stereocenters. The first kappa shape index (κ1) is 22.2. The van der Waals surface area contributed by atoms with Gasteiger partial charge in [-0.2, -0.15) is 0 Å². The zero-order valence-electron chi connectivity index (χ0n) is 19.8. The predicted octanol–water partition coefficient (Wildman–Crippen LogP) is 4.38. The van der Waals surface area contributed by atoms with Crippen LogP contribution < -0.4 is 14.9 Å². The lowest BCUT2D eigenvalue weighted by atomic mass is 9.86. The summed E-state index contributed by atoms with van der Waals surface area (Å²) >= 11 is 0. The highest BCUT2D eigenvalue weighted by Gasteiger charge is 2.47. The van der Waals surface area contributed by atoms with Gasteiger partial charge >= 0.3 is 5.97 Å². The number of aliphatic hydroxyl groups is 1. The number of ether oxygens (including phenoxy) is 3. The van der Waals surface area contributed by atoms with E-state index >= 15 is 0 Å². The van der Waals surface area contributed by atoms with Crippen molar-refractivity contribution in [3.8, 4) is 11.5 Å². The van der Waals surface area contributed by atoms with E-state index in [1.807, 2.05) is 48.0 Å². The molecule has 3 aromatic carbocycles. The van der Waals surface area contributed by atoms with Crippen LogP contribution in [0.2, 0.25) is 0 Å². The van der Waals surface area contributed by atoms with Crippen molar-refractivity contribution in [1.29, 1.82) is 0 Å². The minimum absolute atomic E-state index is 0.172. The summed E-state index contributed by atoms with van der Waals surface area (Å²) in [5, 5.41) is 14.2. The van der Waals surface area contributed by atoms with Gasteiger partial charge in [0.15, 0.2) is 6.10 Å². The van der Waals surface area contributed by atoms with E-state index in [0.717, 1.165) is 10.8 Å². The van der Waals surface area contributed by atoms with Gasteiger partial charge in [0.25, 0.3) is 0 Å². The van der Waals surface area contributed by atoms with Crippen LogP contribution in [0, 0.1) is 0 Å². The van der Waals surface area contributed by atoms with Crippen LogP contribution in [0.4, 0.5) is 0 Å². The summed E-state index contributed by atoms with van der Waals surface area (Å²) < 4.78 is 19.4. The van der Waals surface area contributed by atoms with E-state index in [4.69, 9.17) is 14.2 Å². The van der Waals surface area contributed by atoms with Gasteiger partial charge in [0, 0.05) is 19.5 Å². The largest absolute Gasteiger partial charge is 0.496 e. The molecule has 7 nitrogen and oxygen atoms in total. The lowest BCUT2D eigenvalue weighted by molar-refractivity contribution is -0.177. The van der Waals surface area contributed by atoms with Crippen LogP contribution in [0.3, 0.4) is 0 Å². The molecule has 34 heavy (non-hydrogen) atoms. The van der Waals surface area contributed by atoms with Crippen LogP contribution >= 0.6 is 0 Å². The zero-order valence-corrected chi connectivity index (χ0v) is 19.8. The maximum atomic E-state index is 14.0. The Balaban J connectivity index is 1.92. The first-order valence-corrected chi connectivity index (χ1v) is 11.3. The SMILES string of the molecule is CCC(=O)O[C@@H]1[C@H](O)c2c(cc(OC)c3c(=O)c4c5ccccc5ccc4n(C)c23)OC1(C)C. The molecule has 1 aliphatic heterocycles. The van der Waals surface area contributed by atoms with E-state index in [1.165, 1.54) is 7.11 Å². The second-order valence-electron chi connectivity index (χ2n) is 9.20. The van der Waals surface area contributed by atoms with Crippen LogP contribution in [0.1, 0.15) is 38.9 Å². The van der Waals surface area contributed by atoms with E-state index < -0.39 is 23.8 Å². The second kappa shape index (κ2) is 7.74. The third-order valence-corrected chi connectivity index (χ3v) is 6.73. The lowest BCUT2D eigenvalue weighted by Crippen LogP contribution is -2.51. The maximum absolute atomic E-state index is 14.0. The molecular formula is C27H27NO6. The number of pyridine rings is 1. The molecule has 0 spiro atoms. The van der Waals surface area contributed by atoms with Gasteiger partial charge in [0.2, 0.25) is 5.43 Å². The fourth-order valence-corrected chi connectivity index (χ4v) is 5.06. The minimum atomic E-state index is -1.20. The Morgan fingerprint density at radius 1 is 1.18 bits per heavy atom. The Morgan fingerprint density at radius 3 is 2.62 bits per heavy atom. The molecule has 0 bridgehead atoms. The number of hydrogen-bond donors (Lipinski definition) is 1. The molecule has 7 heteroatoms. The van der Waals surface area contributed by atoms with Crippen LogP contribution in [0.25, 0.3) is 32.6 Å². The number of carbonyl (C=O) groups is 1. The number of benzene rings is 3. The molecule has 0 saturated carbocycles. The molecule has 0 fully saturated rings. The van der Waals surface area contributed by atoms with Gasteiger partial charge in [0.05, 0.1) is 34.5 Å². The Kier molecular flexibility index (Phi) is 5.06. The summed E-state index contributed by atoms with van der Waals surface area (Å²) in [4.78, 5) is 26.1. The molecule has 0 amide bonds. The summed E-state index contributed by atoms with van der Waals surface area (Å²) in [6.07, 6.45) is -1.98. The fraction of sp³-hybridized carbons (Fsp3) is 0.333. The third kappa shape index (κ3) is 3.07. The molecule has 0 radical (unpaired) electrons. The van der Waals surface area contributed by atoms with Gasteiger partial charge in [-0.25, -0.2) is 0 Å². The molecule has 176 valence electrons. The molecule has 4 aromatic rings. The molecule has 1 N–H and O–H groups in total. The van der Waals surface area contributed by atoms with E-state index in [2.05, 4.69) is 0 Å². The number of aromatic nitrogens is 1. The van der Waals surface area contributed by atoms with Crippen molar-refractivity contribution in [2.45, 2.75) is 45.0 Å². The lowest BCUT2D eigenvalue weighted by Gasteiger charge is -2.42. The highest BCUT2D eigenvalue weighted by molar-refractivity contribution is 6.11. The number of esters is 1. The van der Waals surface area contributed by atoms with Crippen molar-refractivity contribution in [3.63, 3.8) is 0 Å². The number of hydrogen-bond acceptors (Lipinski definition) is 6. The number of methoxy groups -OCH3 is 1. The quantitative estimate of drug-likeness (QED) is 0.277. The zero-order chi connectivity index (χ0) is 24.4. The van der Waals surface area contributed by atoms with Crippen molar-refractivity contribution < 1.29 is 24.1 Å². The highest BCUT2D eigenvalue weighted by atomic mass is 16.6. The van der Waals surface area contributed by atoms with Crippen LogP contribution in [-0.4, -0.2) is 34.5 Å². The number of rotatable bonds is 3. The van der Waals surface area contributed by atoms with Gasteiger partial charge in [-0.1, -0.05) is 37.3 Å². The Hall–Kier alpha value is -3.58. The van der Waals surface area contributed by atoms with E-state index in [0.29, 0.717) is 38.9 Å². The highest BCUT2D eigenvalue weighted by Crippen LogP contribution is 2.47. The van der Waals surface area contributed by atoms with E-state index in [1.54, 1.807) is 26.8 Å². The molecule has 2 heterocycles. The Bertz CT molecular complexity index is 1530. The van der Waals surface area contributed by atoms with Crippen molar-refractivity contribution in [2.24, 2.45) is 7.05 Å². The average molecular weight is 462 g/mol. The molecule has 1 aliphatic rings. The summed E-state index contributed by atoms with van der Waals surface area (Å²) in [6.45, 7) is 5.21. The molecule has 1 aromatic heterocycles. The Labute approximate surface area is 196 Å². The molecule has 0 aliphatic carbocycles. The maximum Gasteiger partial charge on any atom is 0.306 e. The molecule has 5 rings (SSSR count). The van der Waals surface area contributed by atoms with Gasteiger partial charge in [-0.15, -0.1) is 0 Å². The number of carbonyl (C=O) groups excluding carboxylic acids is 1. The summed E-state index contributed by atoms with van der Waals surface area (Å²) in [5.41, 5.74) is 0.410. The summed E-state index contributed by atoms with van der Waals surface area (Å²) in [6, 6.07) is 13.2. The van der Waals surface area contributed by atoms with Crippen molar-refractivity contribution in [2.75, 3.05) is 7.11 Å². The van der Waals surface area contributed by atoms with Gasteiger partial charge < -0.3 is 23.9 Å². The van der Waals surface area contributed by atoms with Gasteiger partial charge in [0.1, 0.15) is 23.2 Å². The van der Waals surface area contributed by atoms with Gasteiger partial charge in [-0.3, -0.25) is 9.59 Å². The van der Waals surface area contributed by atoms with Crippen molar-refractivity contribution in [3.05, 3.63) is 58.3 Å². The number of nitrogens with zero attached hydrogens (tertiary/aromatic N) is 1. The summed E-state index contributed by atoms with van der Waals surface area (Å²) in [5.74, 6) is 0.310. The molecule has 0 saturated heterocycles. The molecular weight excluding hydrogens is 434 g/mol. The van der Waals surface area contributed by atoms with Gasteiger partial charge in [-0.05, 0) is 30.7 Å². The topological polar surface area (TPSA) is 87.0 Å². The minimum Gasteiger partial charge on any atom is -0.496 e. The van der Waals surface area contributed by atoms with E-state index in [9.17, 15) is 14.7 Å².